The van der Waals surface area contributed by atoms with Gasteiger partial charge in [0.25, 0.3) is 0 Å². The molecule has 1 atom stereocenters. The lowest BCUT2D eigenvalue weighted by Gasteiger charge is -2.24. The SMILES string of the molecule is CC1(O)CCCN(c2cccc(C=O)c2)CC1. The Morgan fingerprint density at radius 1 is 1.35 bits per heavy atom. The van der Waals surface area contributed by atoms with E-state index in [0.29, 0.717) is 5.56 Å². The van der Waals surface area contributed by atoms with Crippen LogP contribution in [-0.2, 0) is 0 Å². The van der Waals surface area contributed by atoms with Crippen molar-refractivity contribution in [1.82, 2.24) is 0 Å². The molecule has 1 aromatic carbocycles. The number of carbonyl (C=O) groups is 1. The third-order valence-electron chi connectivity index (χ3n) is 3.44. The highest BCUT2D eigenvalue weighted by Gasteiger charge is 2.24. The molecule has 3 nitrogen and oxygen atoms in total. The molecule has 2 rings (SSSR count). The number of nitrogens with zero attached hydrogens (tertiary/aromatic N) is 1. The van der Waals surface area contributed by atoms with Gasteiger partial charge < -0.3 is 10.0 Å². The van der Waals surface area contributed by atoms with Gasteiger partial charge in [-0.15, -0.1) is 0 Å². The second-order valence-corrected chi connectivity index (χ2v) is 5.05. The average molecular weight is 233 g/mol. The van der Waals surface area contributed by atoms with Gasteiger partial charge in [0.2, 0.25) is 0 Å². The van der Waals surface area contributed by atoms with Crippen molar-refractivity contribution in [2.75, 3.05) is 18.0 Å². The van der Waals surface area contributed by atoms with Crippen LogP contribution in [0.2, 0.25) is 0 Å². The molecular formula is C14H19NO2. The van der Waals surface area contributed by atoms with Gasteiger partial charge in [-0.1, -0.05) is 12.1 Å². The monoisotopic (exact) mass is 233 g/mol. The minimum Gasteiger partial charge on any atom is -0.390 e. The number of rotatable bonds is 2. The molecule has 0 bridgehead atoms. The van der Waals surface area contributed by atoms with Gasteiger partial charge in [-0.2, -0.15) is 0 Å². The fraction of sp³-hybridized carbons (Fsp3) is 0.500. The third-order valence-corrected chi connectivity index (χ3v) is 3.44. The summed E-state index contributed by atoms with van der Waals surface area (Å²) in [5, 5.41) is 10.0. The smallest absolute Gasteiger partial charge is 0.150 e. The number of hydrogen-bond acceptors (Lipinski definition) is 3. The van der Waals surface area contributed by atoms with E-state index in [4.69, 9.17) is 0 Å². The van der Waals surface area contributed by atoms with Crippen LogP contribution in [0.1, 0.15) is 36.5 Å². The maximum atomic E-state index is 10.8. The summed E-state index contributed by atoms with van der Waals surface area (Å²) in [5.74, 6) is 0. The van der Waals surface area contributed by atoms with E-state index < -0.39 is 5.60 Å². The highest BCUT2D eigenvalue weighted by atomic mass is 16.3. The Balaban J connectivity index is 2.13. The average Bonchev–Trinajstić information content (AvgIpc) is 2.50. The molecule has 1 heterocycles. The van der Waals surface area contributed by atoms with Crippen LogP contribution in [-0.4, -0.2) is 30.1 Å². The van der Waals surface area contributed by atoms with Crippen molar-refractivity contribution in [2.24, 2.45) is 0 Å². The summed E-state index contributed by atoms with van der Waals surface area (Å²) in [6, 6.07) is 7.65. The number of aliphatic hydroxyl groups is 1. The lowest BCUT2D eigenvalue weighted by atomic mass is 9.98. The molecule has 1 fully saturated rings. The first-order valence-corrected chi connectivity index (χ1v) is 6.13. The van der Waals surface area contributed by atoms with Crippen LogP contribution in [0.25, 0.3) is 0 Å². The van der Waals surface area contributed by atoms with E-state index in [9.17, 15) is 9.90 Å². The molecule has 3 heteroatoms. The van der Waals surface area contributed by atoms with Crippen molar-refractivity contribution in [1.29, 1.82) is 0 Å². The van der Waals surface area contributed by atoms with Gasteiger partial charge in [-0.3, -0.25) is 4.79 Å². The summed E-state index contributed by atoms with van der Waals surface area (Å²) in [5.41, 5.74) is 1.24. The predicted molar refractivity (Wildman–Crippen MR) is 68.5 cm³/mol. The van der Waals surface area contributed by atoms with Gasteiger partial charge in [-0.05, 0) is 38.3 Å². The molecule has 1 unspecified atom stereocenters. The van der Waals surface area contributed by atoms with Crippen LogP contribution >= 0.6 is 0 Å². The van der Waals surface area contributed by atoms with Crippen LogP contribution in [0, 0.1) is 0 Å². The topological polar surface area (TPSA) is 40.5 Å². The van der Waals surface area contributed by atoms with Crippen molar-refractivity contribution in [3.05, 3.63) is 29.8 Å². The first-order chi connectivity index (χ1) is 8.11. The zero-order chi connectivity index (χ0) is 12.3. The minimum absolute atomic E-state index is 0.545. The van der Waals surface area contributed by atoms with Crippen LogP contribution in [0.5, 0.6) is 0 Å². The molecule has 1 aromatic rings. The molecule has 0 radical (unpaired) electrons. The normalized spacial score (nSPS) is 25.4. The highest BCUT2D eigenvalue weighted by Crippen LogP contribution is 2.25. The lowest BCUT2D eigenvalue weighted by molar-refractivity contribution is 0.0481. The summed E-state index contributed by atoms with van der Waals surface area (Å²) < 4.78 is 0. The van der Waals surface area contributed by atoms with Gasteiger partial charge >= 0.3 is 0 Å². The molecule has 0 aliphatic carbocycles. The quantitative estimate of drug-likeness (QED) is 0.796. The molecule has 0 saturated carbocycles. The standard InChI is InChI=1S/C14H19NO2/c1-14(17)6-3-8-15(9-7-14)13-5-2-4-12(10-13)11-16/h2,4-5,10-11,17H,3,6-9H2,1H3. The van der Waals surface area contributed by atoms with Gasteiger partial charge in [0, 0.05) is 24.3 Å². The Bertz CT molecular complexity index is 401. The Hall–Kier alpha value is -1.35. The summed E-state index contributed by atoms with van der Waals surface area (Å²) in [6.07, 6.45) is 3.48. The first-order valence-electron chi connectivity index (χ1n) is 6.13. The third kappa shape index (κ3) is 3.07. The van der Waals surface area contributed by atoms with Crippen molar-refractivity contribution in [3.63, 3.8) is 0 Å². The summed E-state index contributed by atoms with van der Waals surface area (Å²) in [4.78, 5) is 13.0. The van der Waals surface area contributed by atoms with Gasteiger partial charge in [0.05, 0.1) is 5.60 Å². The van der Waals surface area contributed by atoms with Crippen molar-refractivity contribution in [2.45, 2.75) is 31.8 Å². The minimum atomic E-state index is -0.545. The Morgan fingerprint density at radius 3 is 2.94 bits per heavy atom. The highest BCUT2D eigenvalue weighted by molar-refractivity contribution is 5.77. The molecule has 0 aromatic heterocycles. The fourth-order valence-electron chi connectivity index (χ4n) is 2.32. The molecule has 17 heavy (non-hydrogen) atoms. The summed E-state index contributed by atoms with van der Waals surface area (Å²) in [7, 11) is 0. The van der Waals surface area contributed by atoms with E-state index >= 15 is 0 Å². The lowest BCUT2D eigenvalue weighted by Crippen LogP contribution is -2.28. The van der Waals surface area contributed by atoms with E-state index in [-0.39, 0.29) is 0 Å². The largest absolute Gasteiger partial charge is 0.390 e. The number of benzene rings is 1. The molecule has 0 amide bonds. The van der Waals surface area contributed by atoms with E-state index in [2.05, 4.69) is 4.90 Å². The molecule has 1 N–H and O–H groups in total. The van der Waals surface area contributed by atoms with Crippen molar-refractivity contribution >= 4 is 12.0 Å². The number of hydrogen-bond donors (Lipinski definition) is 1. The van der Waals surface area contributed by atoms with E-state index in [1.165, 1.54) is 0 Å². The van der Waals surface area contributed by atoms with Crippen LogP contribution in [0.15, 0.2) is 24.3 Å². The zero-order valence-electron chi connectivity index (χ0n) is 10.2. The van der Waals surface area contributed by atoms with E-state index in [1.807, 2.05) is 31.2 Å². The molecule has 92 valence electrons. The Kier molecular flexibility index (Phi) is 3.48. The Labute approximate surface area is 102 Å². The second-order valence-electron chi connectivity index (χ2n) is 5.05. The van der Waals surface area contributed by atoms with E-state index in [0.717, 1.165) is 44.3 Å². The van der Waals surface area contributed by atoms with Crippen molar-refractivity contribution < 1.29 is 9.90 Å². The first kappa shape index (κ1) is 12.1. The van der Waals surface area contributed by atoms with Crippen molar-refractivity contribution in [3.8, 4) is 0 Å². The zero-order valence-corrected chi connectivity index (χ0v) is 10.2. The number of aldehydes is 1. The number of carbonyl (C=O) groups excluding carboxylic acids is 1. The molecular weight excluding hydrogens is 214 g/mol. The maximum Gasteiger partial charge on any atom is 0.150 e. The molecule has 0 spiro atoms. The van der Waals surface area contributed by atoms with Crippen LogP contribution in [0.3, 0.4) is 0 Å². The summed E-state index contributed by atoms with van der Waals surface area (Å²) in [6.45, 7) is 3.69. The van der Waals surface area contributed by atoms with E-state index in [1.54, 1.807) is 0 Å². The predicted octanol–water partition coefficient (Wildman–Crippen LogP) is 2.24. The van der Waals surface area contributed by atoms with Crippen LogP contribution < -0.4 is 4.90 Å². The number of anilines is 1. The molecule has 1 aliphatic rings. The van der Waals surface area contributed by atoms with Gasteiger partial charge in [-0.25, -0.2) is 0 Å². The second kappa shape index (κ2) is 4.88. The fourth-order valence-corrected chi connectivity index (χ4v) is 2.32. The van der Waals surface area contributed by atoms with Gasteiger partial charge in [0.15, 0.2) is 0 Å². The maximum absolute atomic E-state index is 10.8. The van der Waals surface area contributed by atoms with Gasteiger partial charge in [0.1, 0.15) is 6.29 Å². The summed E-state index contributed by atoms with van der Waals surface area (Å²) >= 11 is 0. The molecule has 1 aliphatic heterocycles. The Morgan fingerprint density at radius 2 is 2.18 bits per heavy atom. The van der Waals surface area contributed by atoms with Crippen LogP contribution in [0.4, 0.5) is 5.69 Å². The molecule has 1 saturated heterocycles.